The molecule has 1 heterocycles. The molecule has 1 heteroatoms. The lowest BCUT2D eigenvalue weighted by atomic mass is 9.95. The summed E-state index contributed by atoms with van der Waals surface area (Å²) in [6.45, 7) is 6.28. The van der Waals surface area contributed by atoms with Gasteiger partial charge in [-0.3, -0.25) is 0 Å². The Morgan fingerprint density at radius 2 is 1.83 bits per heavy atom. The molecule has 2 aliphatic rings. The van der Waals surface area contributed by atoms with Crippen molar-refractivity contribution in [2.75, 3.05) is 13.6 Å². The number of fused-ring (bicyclic) bond motifs is 1. The van der Waals surface area contributed by atoms with E-state index < -0.39 is 0 Å². The van der Waals surface area contributed by atoms with E-state index in [4.69, 9.17) is 0 Å². The fraction of sp³-hybridized carbons (Fsp3) is 0.647. The lowest BCUT2D eigenvalue weighted by Gasteiger charge is -2.43. The van der Waals surface area contributed by atoms with Crippen molar-refractivity contribution in [3.63, 3.8) is 0 Å². The van der Waals surface area contributed by atoms with Crippen LogP contribution in [0.2, 0.25) is 0 Å². The molecule has 1 saturated carbocycles. The van der Waals surface area contributed by atoms with E-state index in [1.165, 1.54) is 35.9 Å². The van der Waals surface area contributed by atoms with Crippen molar-refractivity contribution >= 4 is 0 Å². The molecule has 5 atom stereocenters. The van der Waals surface area contributed by atoms with Crippen LogP contribution >= 0.6 is 0 Å². The molecule has 3 rings (SSSR count). The van der Waals surface area contributed by atoms with Gasteiger partial charge in [-0.05, 0) is 19.8 Å². The van der Waals surface area contributed by atoms with Crippen LogP contribution in [-0.4, -0.2) is 24.1 Å². The molecule has 1 unspecified atom stereocenters. The minimum Gasteiger partial charge on any atom is -0.317 e. The third kappa shape index (κ3) is 1.72. The quantitative estimate of drug-likeness (QED) is 0.690. The summed E-state index contributed by atoms with van der Waals surface area (Å²) in [5, 5.41) is 0. The number of nitrogens with zero attached hydrogens (tertiary/aromatic N) is 1. The summed E-state index contributed by atoms with van der Waals surface area (Å²) in [6.07, 6.45) is 4.37. The minimum absolute atomic E-state index is 0.641. The number of likely N-dealkylation sites (tertiary alicyclic amines) is 1. The topological polar surface area (TPSA) is 0 Å². The third-order valence-corrected chi connectivity index (χ3v) is 5.89. The summed E-state index contributed by atoms with van der Waals surface area (Å²) < 4.78 is 1.27. The summed E-state index contributed by atoms with van der Waals surface area (Å²) in [7, 11) is 2.50. The molecule has 0 aromatic heterocycles. The first-order valence-electron chi connectivity index (χ1n) is 7.53. The maximum absolute atomic E-state index is 2.50. The smallest absolute Gasteiger partial charge is 0.112 e. The SMILES string of the molecule is C[C@@H]1CC[C@H]2CC[N+](C)([C@H](C)c3ccccc3)[C@H]21. The highest BCUT2D eigenvalue weighted by Gasteiger charge is 2.53. The van der Waals surface area contributed by atoms with E-state index in [1.54, 1.807) is 0 Å². The first kappa shape index (κ1) is 12.2. The van der Waals surface area contributed by atoms with Gasteiger partial charge in [0.15, 0.2) is 0 Å². The van der Waals surface area contributed by atoms with Crippen LogP contribution < -0.4 is 0 Å². The molecule has 98 valence electrons. The first-order valence-corrected chi connectivity index (χ1v) is 7.53. The van der Waals surface area contributed by atoms with Gasteiger partial charge >= 0.3 is 0 Å². The predicted molar refractivity (Wildman–Crippen MR) is 76.2 cm³/mol. The minimum atomic E-state index is 0.641. The zero-order chi connectivity index (χ0) is 12.8. The van der Waals surface area contributed by atoms with Crippen LogP contribution in [0.1, 0.15) is 44.7 Å². The summed E-state index contributed by atoms with van der Waals surface area (Å²) in [6, 6.07) is 12.7. The maximum atomic E-state index is 2.50. The average Bonchev–Trinajstić information content (AvgIpc) is 2.93. The van der Waals surface area contributed by atoms with Crippen molar-refractivity contribution < 1.29 is 4.48 Å². The van der Waals surface area contributed by atoms with Crippen LogP contribution in [-0.2, 0) is 0 Å². The Bertz CT molecular complexity index is 413. The molecular weight excluding hydrogens is 218 g/mol. The third-order valence-electron chi connectivity index (χ3n) is 5.89. The lowest BCUT2D eigenvalue weighted by Crippen LogP contribution is -2.52. The number of hydrogen-bond donors (Lipinski definition) is 0. The molecule has 1 aromatic carbocycles. The average molecular weight is 244 g/mol. The Kier molecular flexibility index (Phi) is 2.97. The van der Waals surface area contributed by atoms with Crippen LogP contribution in [0.15, 0.2) is 30.3 Å². The number of rotatable bonds is 2. The second-order valence-electron chi connectivity index (χ2n) is 6.75. The molecule has 1 saturated heterocycles. The van der Waals surface area contributed by atoms with E-state index in [1.807, 2.05) is 0 Å². The van der Waals surface area contributed by atoms with Crippen LogP contribution in [0.5, 0.6) is 0 Å². The molecule has 1 aliphatic heterocycles. The summed E-state index contributed by atoms with van der Waals surface area (Å²) in [5.74, 6) is 1.91. The maximum Gasteiger partial charge on any atom is 0.112 e. The van der Waals surface area contributed by atoms with Crippen molar-refractivity contribution in [1.82, 2.24) is 0 Å². The van der Waals surface area contributed by atoms with Gasteiger partial charge in [0.25, 0.3) is 0 Å². The summed E-state index contributed by atoms with van der Waals surface area (Å²) >= 11 is 0. The molecule has 0 amide bonds. The van der Waals surface area contributed by atoms with Crippen molar-refractivity contribution in [3.8, 4) is 0 Å². The Labute approximate surface area is 111 Å². The van der Waals surface area contributed by atoms with Crippen molar-refractivity contribution in [2.45, 2.75) is 45.2 Å². The molecular formula is C17H26N+. The largest absolute Gasteiger partial charge is 0.317 e. The number of quaternary nitrogens is 1. The Hall–Kier alpha value is -0.820. The first-order chi connectivity index (χ1) is 8.63. The van der Waals surface area contributed by atoms with Crippen molar-refractivity contribution in [2.24, 2.45) is 11.8 Å². The molecule has 0 N–H and O–H groups in total. The predicted octanol–water partition coefficient (Wildman–Crippen LogP) is 4.01. The summed E-state index contributed by atoms with van der Waals surface area (Å²) in [5.41, 5.74) is 1.51. The summed E-state index contributed by atoms with van der Waals surface area (Å²) in [4.78, 5) is 0. The molecule has 1 aliphatic carbocycles. The molecule has 1 aromatic rings. The van der Waals surface area contributed by atoms with Crippen molar-refractivity contribution in [1.29, 1.82) is 0 Å². The Morgan fingerprint density at radius 1 is 1.11 bits per heavy atom. The molecule has 18 heavy (non-hydrogen) atoms. The van der Waals surface area contributed by atoms with Gasteiger partial charge in [-0.25, -0.2) is 0 Å². The van der Waals surface area contributed by atoms with Crippen LogP contribution in [0, 0.1) is 11.8 Å². The Balaban J connectivity index is 1.91. The van der Waals surface area contributed by atoms with Gasteiger partial charge in [-0.15, -0.1) is 0 Å². The van der Waals surface area contributed by atoms with Crippen LogP contribution in [0.3, 0.4) is 0 Å². The van der Waals surface area contributed by atoms with Crippen LogP contribution in [0.4, 0.5) is 0 Å². The number of hydrogen-bond acceptors (Lipinski definition) is 0. The highest BCUT2D eigenvalue weighted by atomic mass is 15.4. The van der Waals surface area contributed by atoms with E-state index in [2.05, 4.69) is 51.2 Å². The molecule has 0 spiro atoms. The van der Waals surface area contributed by atoms with Gasteiger partial charge in [-0.1, -0.05) is 37.3 Å². The second-order valence-corrected chi connectivity index (χ2v) is 6.75. The van der Waals surface area contributed by atoms with E-state index in [0.717, 1.165) is 17.9 Å². The van der Waals surface area contributed by atoms with Gasteiger partial charge in [0.2, 0.25) is 0 Å². The van der Waals surface area contributed by atoms with Gasteiger partial charge in [0.1, 0.15) is 6.04 Å². The van der Waals surface area contributed by atoms with Gasteiger partial charge in [0.05, 0.1) is 19.6 Å². The second kappa shape index (κ2) is 4.38. The lowest BCUT2D eigenvalue weighted by molar-refractivity contribution is -0.952. The molecule has 0 bridgehead atoms. The molecule has 1 nitrogen and oxygen atoms in total. The van der Waals surface area contributed by atoms with E-state index in [0.29, 0.717) is 6.04 Å². The normalized spacial score (nSPS) is 40.7. The highest BCUT2D eigenvalue weighted by Crippen LogP contribution is 2.49. The fourth-order valence-electron chi connectivity index (χ4n) is 4.78. The number of benzene rings is 1. The molecule has 0 radical (unpaired) electrons. The van der Waals surface area contributed by atoms with Gasteiger partial charge in [-0.2, -0.15) is 0 Å². The van der Waals surface area contributed by atoms with E-state index in [-0.39, 0.29) is 0 Å². The fourth-order valence-corrected chi connectivity index (χ4v) is 4.78. The Morgan fingerprint density at radius 3 is 2.56 bits per heavy atom. The van der Waals surface area contributed by atoms with Gasteiger partial charge < -0.3 is 4.48 Å². The monoisotopic (exact) mass is 244 g/mol. The van der Waals surface area contributed by atoms with Crippen LogP contribution in [0.25, 0.3) is 0 Å². The van der Waals surface area contributed by atoms with E-state index in [9.17, 15) is 0 Å². The van der Waals surface area contributed by atoms with Gasteiger partial charge in [0, 0.05) is 23.8 Å². The zero-order valence-corrected chi connectivity index (χ0v) is 12.0. The van der Waals surface area contributed by atoms with E-state index >= 15 is 0 Å². The molecule has 2 fully saturated rings. The standard InChI is InChI=1S/C17H26N/c1-13-9-10-16-11-12-18(3,17(13)16)14(2)15-7-5-4-6-8-15/h4-8,13-14,16-17H,9-12H2,1-3H3/q+1/t13-,14-,16+,17+,18?/m1/s1. The highest BCUT2D eigenvalue weighted by molar-refractivity contribution is 5.17. The zero-order valence-electron chi connectivity index (χ0n) is 12.0. The van der Waals surface area contributed by atoms with Crippen molar-refractivity contribution in [3.05, 3.63) is 35.9 Å².